The second-order valence-electron chi connectivity index (χ2n) is 3.11. The van der Waals surface area contributed by atoms with Crippen molar-refractivity contribution in [2.45, 2.75) is 0 Å². The van der Waals surface area contributed by atoms with E-state index in [0.29, 0.717) is 16.0 Å². The minimum absolute atomic E-state index is 0.199. The average Bonchev–Trinajstić information content (AvgIpc) is 2.73. The van der Waals surface area contributed by atoms with E-state index in [4.69, 9.17) is 0 Å². The van der Waals surface area contributed by atoms with Crippen LogP contribution in [0, 0.1) is 0 Å². The van der Waals surface area contributed by atoms with Crippen LogP contribution in [0.3, 0.4) is 0 Å². The van der Waals surface area contributed by atoms with Gasteiger partial charge in [-0.25, -0.2) is 9.67 Å². The Balaban J connectivity index is 2.45. The Morgan fingerprint density at radius 2 is 2.20 bits per heavy atom. The molecule has 0 atom stereocenters. The number of imidazole rings is 1. The van der Waals surface area contributed by atoms with Crippen LogP contribution in [0.2, 0.25) is 0 Å². The molecule has 0 bridgehead atoms. The van der Waals surface area contributed by atoms with Crippen molar-refractivity contribution in [3.05, 3.63) is 28.5 Å². The predicted molar refractivity (Wildman–Crippen MR) is 55.3 cm³/mol. The van der Waals surface area contributed by atoms with E-state index >= 15 is 0 Å². The van der Waals surface area contributed by atoms with Gasteiger partial charge in [0.25, 0.3) is 0 Å². The van der Waals surface area contributed by atoms with E-state index in [0.717, 1.165) is 0 Å². The van der Waals surface area contributed by atoms with Gasteiger partial charge < -0.3 is 4.57 Å². The number of nitrogens with zero attached hydrogens (tertiary/aromatic N) is 5. The summed E-state index contributed by atoms with van der Waals surface area (Å²) in [6.45, 7) is 0. The fourth-order valence-corrected chi connectivity index (χ4v) is 1.73. The fraction of sp³-hybridized carbons (Fsp3) is 0.250. The molecule has 78 valence electrons. The summed E-state index contributed by atoms with van der Waals surface area (Å²) < 4.78 is 3.56. The summed E-state index contributed by atoms with van der Waals surface area (Å²) in [5.74, 6) is -0.199. The highest BCUT2D eigenvalue weighted by atomic mass is 79.9. The molecule has 0 aliphatic carbocycles. The van der Waals surface area contributed by atoms with Crippen LogP contribution in [0.15, 0.2) is 17.1 Å². The lowest BCUT2D eigenvalue weighted by Gasteiger charge is -1.96. The van der Waals surface area contributed by atoms with E-state index in [2.05, 4.69) is 31.2 Å². The van der Waals surface area contributed by atoms with Crippen molar-refractivity contribution in [3.8, 4) is 0 Å². The van der Waals surface area contributed by atoms with Crippen molar-refractivity contribution >= 4 is 21.7 Å². The average molecular weight is 270 g/mol. The lowest BCUT2D eigenvalue weighted by molar-refractivity contribution is 0.102. The maximum atomic E-state index is 12.0. The Labute approximate surface area is 94.0 Å². The zero-order valence-electron chi connectivity index (χ0n) is 8.18. The summed E-state index contributed by atoms with van der Waals surface area (Å²) in [7, 11) is 3.47. The quantitative estimate of drug-likeness (QED) is 0.747. The number of ketones is 1. The first-order chi connectivity index (χ1) is 7.09. The van der Waals surface area contributed by atoms with Crippen molar-refractivity contribution in [1.82, 2.24) is 24.5 Å². The summed E-state index contributed by atoms with van der Waals surface area (Å²) in [5.41, 5.74) is 0.775. The van der Waals surface area contributed by atoms with Gasteiger partial charge in [0, 0.05) is 20.3 Å². The normalized spacial score (nSPS) is 10.6. The van der Waals surface area contributed by atoms with Gasteiger partial charge >= 0.3 is 0 Å². The largest absolute Gasteiger partial charge is 0.340 e. The molecular weight excluding hydrogens is 262 g/mol. The molecule has 2 rings (SSSR count). The van der Waals surface area contributed by atoms with Crippen molar-refractivity contribution < 1.29 is 4.79 Å². The number of hydrogen-bond acceptors (Lipinski definition) is 4. The van der Waals surface area contributed by atoms with Crippen LogP contribution in [0.5, 0.6) is 0 Å². The Hall–Kier alpha value is -1.50. The highest BCUT2D eigenvalue weighted by Gasteiger charge is 2.20. The van der Waals surface area contributed by atoms with Crippen LogP contribution in [0.1, 0.15) is 16.2 Å². The number of aryl methyl sites for hydroxylation is 2. The number of carbonyl (C=O) groups is 1. The lowest BCUT2D eigenvalue weighted by Crippen LogP contribution is -2.09. The van der Waals surface area contributed by atoms with Crippen LogP contribution in [-0.2, 0) is 14.1 Å². The number of hydrogen-bond donors (Lipinski definition) is 0. The minimum atomic E-state index is -0.199. The third-order valence-electron chi connectivity index (χ3n) is 1.94. The van der Waals surface area contributed by atoms with E-state index in [1.54, 1.807) is 31.2 Å². The molecule has 2 heterocycles. The molecule has 0 fully saturated rings. The highest BCUT2D eigenvalue weighted by molar-refractivity contribution is 9.10. The van der Waals surface area contributed by atoms with Crippen LogP contribution in [0.4, 0.5) is 0 Å². The van der Waals surface area contributed by atoms with Crippen LogP contribution in [0.25, 0.3) is 0 Å². The van der Waals surface area contributed by atoms with E-state index in [1.807, 2.05) is 0 Å². The van der Waals surface area contributed by atoms with Gasteiger partial charge in [-0.1, -0.05) is 5.21 Å². The second-order valence-corrected chi connectivity index (χ2v) is 3.86. The Morgan fingerprint density at radius 3 is 2.67 bits per heavy atom. The first-order valence-corrected chi connectivity index (χ1v) is 4.96. The van der Waals surface area contributed by atoms with E-state index in [1.165, 1.54) is 4.68 Å². The molecule has 0 radical (unpaired) electrons. The number of aromatic nitrogens is 5. The SMILES string of the molecule is Cn1cnc(C(=O)c2c(Br)nnn2C)c1. The summed E-state index contributed by atoms with van der Waals surface area (Å²) in [5, 5.41) is 7.48. The first kappa shape index (κ1) is 10.0. The molecule has 0 amide bonds. The standard InChI is InChI=1S/C8H8BrN5O/c1-13-3-5(10-4-13)7(15)6-8(9)11-12-14(6)2/h3-4H,1-2H3. The molecule has 0 saturated carbocycles. The summed E-state index contributed by atoms with van der Waals surface area (Å²) in [6.07, 6.45) is 3.23. The van der Waals surface area contributed by atoms with E-state index in [-0.39, 0.29) is 5.78 Å². The van der Waals surface area contributed by atoms with Gasteiger partial charge in [-0.15, -0.1) is 5.10 Å². The molecule has 0 aromatic carbocycles. The molecule has 2 aromatic heterocycles. The van der Waals surface area contributed by atoms with Gasteiger partial charge in [0.1, 0.15) is 11.4 Å². The van der Waals surface area contributed by atoms with Gasteiger partial charge in [-0.2, -0.15) is 0 Å². The first-order valence-electron chi connectivity index (χ1n) is 4.17. The maximum absolute atomic E-state index is 12.0. The molecule has 15 heavy (non-hydrogen) atoms. The van der Waals surface area contributed by atoms with Crippen molar-refractivity contribution in [1.29, 1.82) is 0 Å². The summed E-state index contributed by atoms with van der Waals surface area (Å²) >= 11 is 3.17. The molecule has 2 aromatic rings. The number of rotatable bonds is 2. The molecule has 0 aliphatic heterocycles. The van der Waals surface area contributed by atoms with Crippen LogP contribution >= 0.6 is 15.9 Å². The van der Waals surface area contributed by atoms with Crippen LogP contribution < -0.4 is 0 Å². The smallest absolute Gasteiger partial charge is 0.233 e. The van der Waals surface area contributed by atoms with Crippen molar-refractivity contribution in [2.24, 2.45) is 14.1 Å². The second kappa shape index (κ2) is 3.58. The Kier molecular flexibility index (Phi) is 2.39. The zero-order valence-corrected chi connectivity index (χ0v) is 9.76. The van der Waals surface area contributed by atoms with Gasteiger partial charge in [-0.05, 0) is 15.9 Å². The molecule has 0 spiro atoms. The summed E-state index contributed by atoms with van der Waals surface area (Å²) in [6, 6.07) is 0. The molecule has 0 aliphatic rings. The lowest BCUT2D eigenvalue weighted by atomic mass is 10.2. The highest BCUT2D eigenvalue weighted by Crippen LogP contribution is 2.15. The van der Waals surface area contributed by atoms with Gasteiger partial charge in [0.05, 0.1) is 6.33 Å². The molecule has 0 unspecified atom stereocenters. The molecule has 0 saturated heterocycles. The fourth-order valence-electron chi connectivity index (χ4n) is 1.22. The third kappa shape index (κ3) is 1.70. The van der Waals surface area contributed by atoms with E-state index in [9.17, 15) is 4.79 Å². The summed E-state index contributed by atoms with van der Waals surface area (Å²) in [4.78, 5) is 15.9. The van der Waals surface area contributed by atoms with Crippen molar-refractivity contribution in [2.75, 3.05) is 0 Å². The predicted octanol–water partition coefficient (Wildman–Crippen LogP) is 0.542. The molecular formula is C8H8BrN5O. The van der Waals surface area contributed by atoms with Crippen molar-refractivity contribution in [3.63, 3.8) is 0 Å². The topological polar surface area (TPSA) is 65.6 Å². The minimum Gasteiger partial charge on any atom is -0.340 e. The Bertz CT molecular complexity index is 495. The molecule has 0 N–H and O–H groups in total. The number of halogens is 1. The zero-order chi connectivity index (χ0) is 11.0. The molecule has 7 heteroatoms. The Morgan fingerprint density at radius 1 is 1.47 bits per heavy atom. The molecule has 6 nitrogen and oxygen atoms in total. The maximum Gasteiger partial charge on any atom is 0.233 e. The third-order valence-corrected chi connectivity index (χ3v) is 2.47. The van der Waals surface area contributed by atoms with Gasteiger partial charge in [-0.3, -0.25) is 4.79 Å². The van der Waals surface area contributed by atoms with Crippen LogP contribution in [-0.4, -0.2) is 30.3 Å². The number of carbonyl (C=O) groups excluding carboxylic acids is 1. The monoisotopic (exact) mass is 269 g/mol. The van der Waals surface area contributed by atoms with E-state index < -0.39 is 0 Å². The van der Waals surface area contributed by atoms with Gasteiger partial charge in [0.15, 0.2) is 4.60 Å². The van der Waals surface area contributed by atoms with Gasteiger partial charge in [0.2, 0.25) is 5.78 Å².